The highest BCUT2D eigenvalue weighted by molar-refractivity contribution is 5.49. The molecule has 0 fully saturated rings. The van der Waals surface area contributed by atoms with Crippen molar-refractivity contribution in [1.82, 2.24) is 0 Å². The van der Waals surface area contributed by atoms with E-state index in [1.807, 2.05) is 6.07 Å². The lowest BCUT2D eigenvalue weighted by Gasteiger charge is -2.08. The van der Waals surface area contributed by atoms with Gasteiger partial charge in [-0.1, -0.05) is 0 Å². The van der Waals surface area contributed by atoms with E-state index in [4.69, 9.17) is 5.26 Å². The maximum absolute atomic E-state index is 9.60. The monoisotopic (exact) mass is 240 g/mol. The molecular weight excluding hydrogens is 228 g/mol. The molecule has 0 aliphatic rings. The zero-order chi connectivity index (χ0) is 13.0. The summed E-state index contributed by atoms with van der Waals surface area (Å²) >= 11 is 0. The summed E-state index contributed by atoms with van der Waals surface area (Å²) in [6, 6.07) is 13.4. The van der Waals surface area contributed by atoms with Gasteiger partial charge in [0, 0.05) is 17.8 Å². The molecule has 0 amide bonds. The molecule has 18 heavy (non-hydrogen) atoms. The van der Waals surface area contributed by atoms with Crippen molar-refractivity contribution in [3.8, 4) is 17.6 Å². The van der Waals surface area contributed by atoms with Gasteiger partial charge < -0.3 is 15.5 Å². The molecule has 0 aliphatic heterocycles. The van der Waals surface area contributed by atoms with Crippen LogP contribution in [0, 0.1) is 11.3 Å². The van der Waals surface area contributed by atoms with Gasteiger partial charge in [0.05, 0.1) is 11.6 Å². The van der Waals surface area contributed by atoms with Crippen molar-refractivity contribution in [1.29, 1.82) is 5.26 Å². The summed E-state index contributed by atoms with van der Waals surface area (Å²) in [4.78, 5) is 0. The molecule has 0 saturated heterocycles. The molecule has 0 aliphatic carbocycles. The van der Waals surface area contributed by atoms with Crippen molar-refractivity contribution >= 4 is 5.69 Å². The minimum Gasteiger partial charge on any atom is -0.508 e. The first-order chi connectivity index (χ1) is 8.69. The summed E-state index contributed by atoms with van der Waals surface area (Å²) in [6.07, 6.45) is 0. The van der Waals surface area contributed by atoms with Gasteiger partial charge in [0.2, 0.25) is 0 Å². The summed E-state index contributed by atoms with van der Waals surface area (Å²) in [6.45, 7) is 0.395. The van der Waals surface area contributed by atoms with Crippen LogP contribution in [0.5, 0.6) is 11.5 Å². The molecule has 0 unspecified atom stereocenters. The average molecular weight is 240 g/mol. The molecule has 2 aromatic rings. The van der Waals surface area contributed by atoms with Gasteiger partial charge in [0.15, 0.2) is 0 Å². The molecule has 0 heterocycles. The van der Waals surface area contributed by atoms with E-state index < -0.39 is 0 Å². The molecule has 4 heteroatoms. The maximum Gasteiger partial charge on any atom is 0.120 e. The van der Waals surface area contributed by atoms with Crippen LogP contribution in [0.2, 0.25) is 0 Å². The number of nitrogens with one attached hydrogen (secondary N) is 1. The lowest BCUT2D eigenvalue weighted by Crippen LogP contribution is -1.99. The minimum atomic E-state index is 0.115. The normalized spacial score (nSPS) is 9.72. The number of hydrogen-bond acceptors (Lipinski definition) is 4. The van der Waals surface area contributed by atoms with E-state index in [1.165, 1.54) is 18.2 Å². The molecular formula is C14H12N2O2. The number of nitrogens with zero attached hydrogens (tertiary/aromatic N) is 1. The van der Waals surface area contributed by atoms with Crippen molar-refractivity contribution in [2.45, 2.75) is 6.54 Å². The second kappa shape index (κ2) is 5.11. The standard InChI is InChI=1S/C14H12N2O2/c15-8-10-1-3-12(4-2-10)16-9-11-7-13(17)5-6-14(11)18/h1-7,16-18H,9H2. The van der Waals surface area contributed by atoms with Crippen LogP contribution in [0.1, 0.15) is 11.1 Å². The lowest BCUT2D eigenvalue weighted by molar-refractivity contribution is 0.455. The summed E-state index contributed by atoms with van der Waals surface area (Å²) in [5.41, 5.74) is 2.05. The Hall–Kier alpha value is -2.67. The fourth-order valence-electron chi connectivity index (χ4n) is 1.57. The van der Waals surface area contributed by atoms with Gasteiger partial charge in [-0.25, -0.2) is 0 Å². The van der Waals surface area contributed by atoms with Crippen LogP contribution in [0.25, 0.3) is 0 Å². The molecule has 90 valence electrons. The van der Waals surface area contributed by atoms with E-state index in [1.54, 1.807) is 24.3 Å². The molecule has 3 N–H and O–H groups in total. The third-order valence-electron chi connectivity index (χ3n) is 2.56. The third kappa shape index (κ3) is 2.71. The smallest absolute Gasteiger partial charge is 0.120 e. The van der Waals surface area contributed by atoms with E-state index >= 15 is 0 Å². The van der Waals surface area contributed by atoms with E-state index in [2.05, 4.69) is 5.32 Å². The molecule has 2 rings (SSSR count). The Balaban J connectivity index is 2.07. The second-order valence-electron chi connectivity index (χ2n) is 3.86. The van der Waals surface area contributed by atoms with Gasteiger partial charge in [0.1, 0.15) is 11.5 Å². The topological polar surface area (TPSA) is 76.3 Å². The first-order valence-corrected chi connectivity index (χ1v) is 5.44. The van der Waals surface area contributed by atoms with Crippen LogP contribution < -0.4 is 5.32 Å². The third-order valence-corrected chi connectivity index (χ3v) is 2.56. The number of rotatable bonds is 3. The number of phenolic OH excluding ortho intramolecular Hbond substituents is 2. The Morgan fingerprint density at radius 1 is 1.06 bits per heavy atom. The highest BCUT2D eigenvalue weighted by Crippen LogP contribution is 2.23. The van der Waals surface area contributed by atoms with Crippen LogP contribution in [0.3, 0.4) is 0 Å². The molecule has 4 nitrogen and oxygen atoms in total. The van der Waals surface area contributed by atoms with Gasteiger partial charge in [0.25, 0.3) is 0 Å². The Kier molecular flexibility index (Phi) is 3.35. The maximum atomic E-state index is 9.60. The number of phenols is 2. The highest BCUT2D eigenvalue weighted by Gasteiger charge is 2.02. The molecule has 0 saturated carbocycles. The van der Waals surface area contributed by atoms with E-state index in [0.717, 1.165) is 5.69 Å². The Morgan fingerprint density at radius 2 is 1.78 bits per heavy atom. The van der Waals surface area contributed by atoms with Crippen LogP contribution in [0.4, 0.5) is 5.69 Å². The van der Waals surface area contributed by atoms with Crippen LogP contribution >= 0.6 is 0 Å². The first-order valence-electron chi connectivity index (χ1n) is 5.44. The quantitative estimate of drug-likeness (QED) is 0.721. The van der Waals surface area contributed by atoms with Gasteiger partial charge in [-0.15, -0.1) is 0 Å². The van der Waals surface area contributed by atoms with Crippen molar-refractivity contribution in [2.24, 2.45) is 0 Å². The zero-order valence-electron chi connectivity index (χ0n) is 9.59. The Labute approximate surface area is 105 Å². The molecule has 2 aromatic carbocycles. The summed E-state index contributed by atoms with van der Waals surface area (Å²) in [5, 5.41) is 30.7. The van der Waals surface area contributed by atoms with Crippen molar-refractivity contribution in [2.75, 3.05) is 5.32 Å². The van der Waals surface area contributed by atoms with Crippen molar-refractivity contribution in [3.05, 3.63) is 53.6 Å². The Morgan fingerprint density at radius 3 is 2.44 bits per heavy atom. The predicted molar refractivity (Wildman–Crippen MR) is 68.3 cm³/mol. The Bertz CT molecular complexity index is 586. The number of anilines is 1. The minimum absolute atomic E-state index is 0.115. The van der Waals surface area contributed by atoms with Crippen LogP contribution in [0.15, 0.2) is 42.5 Å². The number of nitriles is 1. The van der Waals surface area contributed by atoms with Crippen molar-refractivity contribution in [3.63, 3.8) is 0 Å². The molecule has 0 aromatic heterocycles. The van der Waals surface area contributed by atoms with E-state index in [-0.39, 0.29) is 11.5 Å². The van der Waals surface area contributed by atoms with Gasteiger partial charge in [-0.2, -0.15) is 5.26 Å². The number of benzene rings is 2. The van der Waals surface area contributed by atoms with E-state index in [9.17, 15) is 10.2 Å². The number of aromatic hydroxyl groups is 2. The van der Waals surface area contributed by atoms with E-state index in [0.29, 0.717) is 17.7 Å². The average Bonchev–Trinajstić information content (AvgIpc) is 2.40. The summed E-state index contributed by atoms with van der Waals surface area (Å²) < 4.78 is 0. The van der Waals surface area contributed by atoms with Gasteiger partial charge in [-0.05, 0) is 42.5 Å². The molecule has 0 atom stereocenters. The summed E-state index contributed by atoms with van der Waals surface area (Å²) in [7, 11) is 0. The second-order valence-corrected chi connectivity index (χ2v) is 3.86. The SMILES string of the molecule is N#Cc1ccc(NCc2cc(O)ccc2O)cc1. The predicted octanol–water partition coefficient (Wildman–Crippen LogP) is 2.58. The van der Waals surface area contributed by atoms with Gasteiger partial charge >= 0.3 is 0 Å². The molecule has 0 radical (unpaired) electrons. The van der Waals surface area contributed by atoms with Crippen LogP contribution in [-0.4, -0.2) is 10.2 Å². The largest absolute Gasteiger partial charge is 0.508 e. The molecule has 0 spiro atoms. The van der Waals surface area contributed by atoms with Crippen LogP contribution in [-0.2, 0) is 6.54 Å². The first kappa shape index (κ1) is 11.8. The lowest BCUT2D eigenvalue weighted by atomic mass is 10.1. The number of hydrogen-bond donors (Lipinski definition) is 3. The summed E-state index contributed by atoms with van der Waals surface area (Å²) in [5.74, 6) is 0.248. The van der Waals surface area contributed by atoms with Gasteiger partial charge in [-0.3, -0.25) is 0 Å². The highest BCUT2D eigenvalue weighted by atomic mass is 16.3. The molecule has 0 bridgehead atoms. The zero-order valence-corrected chi connectivity index (χ0v) is 9.59. The fourth-order valence-corrected chi connectivity index (χ4v) is 1.57. The van der Waals surface area contributed by atoms with Crippen molar-refractivity contribution < 1.29 is 10.2 Å². The fraction of sp³-hybridized carbons (Fsp3) is 0.0714.